The number of amides is 2. The number of carbonyl (C=O) groups excluding carboxylic acids is 1. The first-order chi connectivity index (χ1) is 5.70. The van der Waals surface area contributed by atoms with Crippen LogP contribution in [0.25, 0.3) is 0 Å². The maximum atomic E-state index is 11.4. The van der Waals surface area contributed by atoms with Crippen LogP contribution in [0, 0.1) is 0 Å². The summed E-state index contributed by atoms with van der Waals surface area (Å²) in [4.78, 5) is 13.2. The highest BCUT2D eigenvalue weighted by molar-refractivity contribution is 5.74. The third-order valence-corrected chi connectivity index (χ3v) is 1.82. The van der Waals surface area contributed by atoms with Crippen molar-refractivity contribution >= 4 is 6.03 Å². The molecule has 0 atom stereocenters. The van der Waals surface area contributed by atoms with Gasteiger partial charge in [-0.3, -0.25) is 0 Å². The zero-order valence-corrected chi connectivity index (χ0v) is 7.76. The lowest BCUT2D eigenvalue weighted by atomic mass is 10.3. The number of piperazine rings is 1. The Morgan fingerprint density at radius 2 is 2.00 bits per heavy atom. The molecule has 1 aliphatic heterocycles. The summed E-state index contributed by atoms with van der Waals surface area (Å²) < 4.78 is 0. The second kappa shape index (κ2) is 4.30. The molecule has 1 rings (SSSR count). The van der Waals surface area contributed by atoms with Gasteiger partial charge in [-0.05, 0) is 13.8 Å². The first-order valence-electron chi connectivity index (χ1n) is 4.46. The minimum atomic E-state index is 0.0616. The molecule has 2 N–H and O–H groups in total. The van der Waals surface area contributed by atoms with E-state index in [1.807, 2.05) is 18.7 Å². The maximum absolute atomic E-state index is 11.4. The molecule has 4 nitrogen and oxygen atoms in total. The van der Waals surface area contributed by atoms with Gasteiger partial charge in [0.05, 0.1) is 0 Å². The van der Waals surface area contributed by atoms with Crippen LogP contribution >= 0.6 is 0 Å². The van der Waals surface area contributed by atoms with E-state index in [2.05, 4.69) is 10.6 Å². The van der Waals surface area contributed by atoms with Gasteiger partial charge in [0.1, 0.15) is 0 Å². The maximum Gasteiger partial charge on any atom is 0.317 e. The van der Waals surface area contributed by atoms with E-state index >= 15 is 0 Å². The Balaban J connectivity index is 2.30. The van der Waals surface area contributed by atoms with E-state index in [0.717, 1.165) is 26.2 Å². The van der Waals surface area contributed by atoms with Crippen LogP contribution in [-0.4, -0.2) is 43.2 Å². The molecule has 0 unspecified atom stereocenters. The summed E-state index contributed by atoms with van der Waals surface area (Å²) in [6, 6.07) is 0.291. The van der Waals surface area contributed by atoms with E-state index < -0.39 is 0 Å². The first kappa shape index (κ1) is 9.32. The fourth-order valence-corrected chi connectivity index (χ4v) is 1.21. The molecule has 70 valence electrons. The lowest BCUT2D eigenvalue weighted by Crippen LogP contribution is -2.51. The largest absolute Gasteiger partial charge is 0.336 e. The Morgan fingerprint density at radius 3 is 2.50 bits per heavy atom. The summed E-state index contributed by atoms with van der Waals surface area (Å²) in [6.45, 7) is 7.40. The molecule has 1 heterocycles. The Bertz CT molecular complexity index is 152. The number of nitrogens with one attached hydrogen (secondary N) is 2. The average Bonchev–Trinajstić information content (AvgIpc) is 2.05. The van der Waals surface area contributed by atoms with Gasteiger partial charge in [-0.2, -0.15) is 0 Å². The summed E-state index contributed by atoms with van der Waals surface area (Å²) >= 11 is 0. The SMILES string of the molecule is CC(C)NC(=O)N1CCNCC1. The number of hydrogen-bond donors (Lipinski definition) is 2. The molecular weight excluding hydrogens is 154 g/mol. The Kier molecular flexibility index (Phi) is 3.34. The molecule has 0 aromatic carbocycles. The number of nitrogens with zero attached hydrogens (tertiary/aromatic N) is 1. The second-order valence-corrected chi connectivity index (χ2v) is 3.34. The fourth-order valence-electron chi connectivity index (χ4n) is 1.21. The number of urea groups is 1. The lowest BCUT2D eigenvalue weighted by molar-refractivity contribution is 0.187. The smallest absolute Gasteiger partial charge is 0.317 e. The van der Waals surface area contributed by atoms with E-state index in [0.29, 0.717) is 0 Å². The monoisotopic (exact) mass is 171 g/mol. The van der Waals surface area contributed by atoms with Crippen molar-refractivity contribution in [2.75, 3.05) is 26.2 Å². The first-order valence-corrected chi connectivity index (χ1v) is 4.46. The Labute approximate surface area is 73.3 Å². The van der Waals surface area contributed by atoms with Crippen molar-refractivity contribution in [1.82, 2.24) is 15.5 Å². The average molecular weight is 171 g/mol. The van der Waals surface area contributed by atoms with Crippen LogP contribution in [0.4, 0.5) is 4.79 Å². The quantitative estimate of drug-likeness (QED) is 0.583. The van der Waals surface area contributed by atoms with Gasteiger partial charge in [0.25, 0.3) is 0 Å². The van der Waals surface area contributed by atoms with Crippen molar-refractivity contribution < 1.29 is 4.79 Å². The van der Waals surface area contributed by atoms with Crippen molar-refractivity contribution in [3.8, 4) is 0 Å². The molecule has 0 spiro atoms. The summed E-state index contributed by atoms with van der Waals surface area (Å²) in [5.74, 6) is 0. The highest BCUT2D eigenvalue weighted by Crippen LogP contribution is 1.93. The van der Waals surface area contributed by atoms with Crippen LogP contribution in [-0.2, 0) is 0 Å². The fraction of sp³-hybridized carbons (Fsp3) is 0.875. The van der Waals surface area contributed by atoms with E-state index in [-0.39, 0.29) is 12.1 Å². The molecule has 0 aromatic heterocycles. The summed E-state index contributed by atoms with van der Waals surface area (Å²) in [5, 5.41) is 6.07. The Morgan fingerprint density at radius 1 is 1.42 bits per heavy atom. The van der Waals surface area contributed by atoms with Gasteiger partial charge in [0.15, 0.2) is 0 Å². The van der Waals surface area contributed by atoms with Crippen LogP contribution in [0.2, 0.25) is 0 Å². The highest BCUT2D eigenvalue weighted by Gasteiger charge is 2.15. The number of carbonyl (C=O) groups is 1. The highest BCUT2D eigenvalue weighted by atomic mass is 16.2. The van der Waals surface area contributed by atoms with Crippen LogP contribution < -0.4 is 10.6 Å². The molecule has 0 bridgehead atoms. The molecular formula is C8H17N3O. The lowest BCUT2D eigenvalue weighted by Gasteiger charge is -2.28. The molecule has 0 aromatic rings. The van der Waals surface area contributed by atoms with Gasteiger partial charge in [-0.1, -0.05) is 0 Å². The van der Waals surface area contributed by atoms with Crippen LogP contribution in [0.5, 0.6) is 0 Å². The number of hydrogen-bond acceptors (Lipinski definition) is 2. The van der Waals surface area contributed by atoms with Crippen molar-refractivity contribution in [3.05, 3.63) is 0 Å². The van der Waals surface area contributed by atoms with Gasteiger partial charge >= 0.3 is 6.03 Å². The van der Waals surface area contributed by atoms with E-state index in [1.165, 1.54) is 0 Å². The van der Waals surface area contributed by atoms with Gasteiger partial charge in [0.2, 0.25) is 0 Å². The van der Waals surface area contributed by atoms with Crippen molar-refractivity contribution in [2.45, 2.75) is 19.9 Å². The van der Waals surface area contributed by atoms with Gasteiger partial charge in [0, 0.05) is 32.2 Å². The van der Waals surface area contributed by atoms with E-state index in [4.69, 9.17) is 0 Å². The normalized spacial score (nSPS) is 18.1. The van der Waals surface area contributed by atoms with Crippen molar-refractivity contribution in [1.29, 1.82) is 0 Å². The van der Waals surface area contributed by atoms with Crippen LogP contribution in [0.1, 0.15) is 13.8 Å². The molecule has 12 heavy (non-hydrogen) atoms. The predicted octanol–water partition coefficient (Wildman–Crippen LogP) is 0.00960. The van der Waals surface area contributed by atoms with Crippen LogP contribution in [0.3, 0.4) is 0 Å². The Hall–Kier alpha value is -0.770. The molecule has 2 amide bonds. The van der Waals surface area contributed by atoms with Crippen molar-refractivity contribution in [2.24, 2.45) is 0 Å². The molecule has 1 aliphatic rings. The minimum absolute atomic E-state index is 0.0616. The molecule has 0 radical (unpaired) electrons. The zero-order valence-electron chi connectivity index (χ0n) is 7.76. The van der Waals surface area contributed by atoms with Crippen molar-refractivity contribution in [3.63, 3.8) is 0 Å². The predicted molar refractivity (Wildman–Crippen MR) is 48.1 cm³/mol. The van der Waals surface area contributed by atoms with E-state index in [9.17, 15) is 4.79 Å². The summed E-state index contributed by atoms with van der Waals surface area (Å²) in [6.07, 6.45) is 0. The standard InChI is InChI=1S/C8H17N3O/c1-7(2)10-8(12)11-5-3-9-4-6-11/h7,9H,3-6H2,1-2H3,(H,10,12). The molecule has 1 saturated heterocycles. The summed E-state index contributed by atoms with van der Waals surface area (Å²) in [5.41, 5.74) is 0. The third kappa shape index (κ3) is 2.70. The molecule has 1 fully saturated rings. The second-order valence-electron chi connectivity index (χ2n) is 3.34. The molecule has 0 saturated carbocycles. The van der Waals surface area contributed by atoms with Gasteiger partial charge in [-0.25, -0.2) is 4.79 Å². The van der Waals surface area contributed by atoms with Crippen LogP contribution in [0.15, 0.2) is 0 Å². The summed E-state index contributed by atoms with van der Waals surface area (Å²) in [7, 11) is 0. The van der Waals surface area contributed by atoms with E-state index in [1.54, 1.807) is 0 Å². The third-order valence-electron chi connectivity index (χ3n) is 1.82. The topological polar surface area (TPSA) is 44.4 Å². The molecule has 0 aliphatic carbocycles. The minimum Gasteiger partial charge on any atom is -0.336 e. The molecule has 4 heteroatoms. The van der Waals surface area contributed by atoms with Gasteiger partial charge in [-0.15, -0.1) is 0 Å². The zero-order chi connectivity index (χ0) is 8.97. The number of rotatable bonds is 1. The van der Waals surface area contributed by atoms with Gasteiger partial charge < -0.3 is 15.5 Å².